The zero-order valence-corrected chi connectivity index (χ0v) is 10.4. The third-order valence-electron chi connectivity index (χ3n) is 2.75. The molecule has 1 aromatic carbocycles. The van der Waals surface area contributed by atoms with Crippen LogP contribution in [0.15, 0.2) is 24.3 Å². The van der Waals surface area contributed by atoms with E-state index in [0.29, 0.717) is 12.1 Å². The van der Waals surface area contributed by atoms with Crippen molar-refractivity contribution in [1.29, 1.82) is 5.26 Å². The van der Waals surface area contributed by atoms with Crippen molar-refractivity contribution in [2.75, 3.05) is 11.1 Å². The van der Waals surface area contributed by atoms with Crippen LogP contribution in [0.4, 0.5) is 11.5 Å². The fourth-order valence-electron chi connectivity index (χ4n) is 1.88. The normalized spacial score (nSPS) is 10.1. The first-order valence-electron chi connectivity index (χ1n) is 5.64. The van der Waals surface area contributed by atoms with E-state index in [-0.39, 0.29) is 0 Å². The third kappa shape index (κ3) is 2.28. The fourth-order valence-corrected chi connectivity index (χ4v) is 1.88. The lowest BCUT2D eigenvalue weighted by atomic mass is 10.2. The van der Waals surface area contributed by atoms with Crippen LogP contribution >= 0.6 is 0 Å². The molecule has 0 aliphatic carbocycles. The van der Waals surface area contributed by atoms with Crippen molar-refractivity contribution in [3.05, 3.63) is 41.1 Å². The lowest BCUT2D eigenvalue weighted by Crippen LogP contribution is -2.06. The van der Waals surface area contributed by atoms with Gasteiger partial charge in [-0.1, -0.05) is 12.1 Å². The molecule has 1 aromatic heterocycles. The highest BCUT2D eigenvalue weighted by molar-refractivity contribution is 5.55. The van der Waals surface area contributed by atoms with Gasteiger partial charge in [0, 0.05) is 19.3 Å². The Morgan fingerprint density at radius 1 is 1.50 bits per heavy atom. The van der Waals surface area contributed by atoms with Gasteiger partial charge in [0.05, 0.1) is 5.69 Å². The van der Waals surface area contributed by atoms with Crippen molar-refractivity contribution in [1.82, 2.24) is 9.78 Å². The molecule has 5 heteroatoms. The van der Waals surface area contributed by atoms with E-state index < -0.39 is 0 Å². The third-order valence-corrected chi connectivity index (χ3v) is 2.75. The van der Waals surface area contributed by atoms with Crippen molar-refractivity contribution >= 4 is 11.5 Å². The van der Waals surface area contributed by atoms with E-state index in [2.05, 4.69) is 16.5 Å². The Hall–Kier alpha value is -2.48. The number of rotatable bonds is 3. The number of hydrogen-bond donors (Lipinski definition) is 2. The Morgan fingerprint density at radius 3 is 2.94 bits per heavy atom. The van der Waals surface area contributed by atoms with Crippen molar-refractivity contribution < 1.29 is 0 Å². The molecule has 18 heavy (non-hydrogen) atoms. The summed E-state index contributed by atoms with van der Waals surface area (Å²) in [5.74, 6) is 0.734. The van der Waals surface area contributed by atoms with Crippen molar-refractivity contribution in [3.63, 3.8) is 0 Å². The quantitative estimate of drug-likeness (QED) is 0.803. The van der Waals surface area contributed by atoms with Gasteiger partial charge in [0.15, 0.2) is 0 Å². The number of nitriles is 1. The second-order valence-electron chi connectivity index (χ2n) is 4.14. The summed E-state index contributed by atoms with van der Waals surface area (Å²) in [5.41, 5.74) is 8.84. The number of nitrogens with one attached hydrogen (secondary N) is 1. The van der Waals surface area contributed by atoms with Crippen molar-refractivity contribution in [2.24, 2.45) is 7.05 Å². The topological polar surface area (TPSA) is 79.7 Å². The summed E-state index contributed by atoms with van der Waals surface area (Å²) < 4.78 is 1.68. The number of benzene rings is 1. The molecule has 2 rings (SSSR count). The summed E-state index contributed by atoms with van der Waals surface area (Å²) in [5, 5.41) is 16.5. The number of nitrogens with zero attached hydrogens (tertiary/aromatic N) is 3. The van der Waals surface area contributed by atoms with E-state index in [1.54, 1.807) is 4.68 Å². The molecule has 0 aliphatic heterocycles. The van der Waals surface area contributed by atoms with Gasteiger partial charge in [-0.3, -0.25) is 4.68 Å². The molecule has 0 radical (unpaired) electrons. The van der Waals surface area contributed by atoms with Crippen molar-refractivity contribution in [2.45, 2.75) is 13.5 Å². The summed E-state index contributed by atoms with van der Waals surface area (Å²) in [6.45, 7) is 2.43. The molecule has 0 saturated carbocycles. The Labute approximate surface area is 106 Å². The number of anilines is 2. The van der Waals surface area contributed by atoms with Crippen molar-refractivity contribution in [3.8, 4) is 6.07 Å². The van der Waals surface area contributed by atoms with Crippen LogP contribution in [0.1, 0.15) is 16.8 Å². The number of aromatic nitrogens is 2. The molecule has 0 bridgehead atoms. The van der Waals surface area contributed by atoms with Gasteiger partial charge >= 0.3 is 0 Å². The Balaban J connectivity index is 2.19. The largest absolute Gasteiger partial charge is 0.399 e. The van der Waals surface area contributed by atoms with E-state index in [4.69, 9.17) is 11.0 Å². The molecule has 0 spiro atoms. The molecule has 0 aliphatic rings. The molecule has 0 saturated heterocycles. The molecule has 5 nitrogen and oxygen atoms in total. The maximum absolute atomic E-state index is 9.09. The molecule has 0 unspecified atom stereocenters. The van der Waals surface area contributed by atoms with Gasteiger partial charge in [-0.15, -0.1) is 0 Å². The van der Waals surface area contributed by atoms with Crippen LogP contribution in [0.5, 0.6) is 0 Å². The first kappa shape index (κ1) is 12.0. The Bertz CT molecular complexity index is 606. The monoisotopic (exact) mass is 241 g/mol. The highest BCUT2D eigenvalue weighted by Crippen LogP contribution is 2.18. The van der Waals surface area contributed by atoms with Gasteiger partial charge in [-0.25, -0.2) is 0 Å². The molecule has 0 amide bonds. The van der Waals surface area contributed by atoms with Crippen LogP contribution in [0.2, 0.25) is 0 Å². The first-order chi connectivity index (χ1) is 8.61. The predicted octanol–water partition coefficient (Wildman–Crippen LogP) is 1.79. The predicted molar refractivity (Wildman–Crippen MR) is 70.8 cm³/mol. The minimum Gasteiger partial charge on any atom is -0.399 e. The van der Waals surface area contributed by atoms with E-state index >= 15 is 0 Å². The molecule has 0 atom stereocenters. The lowest BCUT2D eigenvalue weighted by Gasteiger charge is -2.07. The van der Waals surface area contributed by atoms with Crippen LogP contribution in [0.25, 0.3) is 0 Å². The SMILES string of the molecule is Cc1nn(C)c(NCc2cccc(N)c2)c1C#N. The van der Waals surface area contributed by atoms with E-state index in [1.807, 2.05) is 38.2 Å². The number of nitrogen functional groups attached to an aromatic ring is 1. The van der Waals surface area contributed by atoms with Crippen LogP contribution in [-0.4, -0.2) is 9.78 Å². The molecule has 0 fully saturated rings. The summed E-state index contributed by atoms with van der Waals surface area (Å²) in [4.78, 5) is 0. The molecular weight excluding hydrogens is 226 g/mol. The zero-order valence-electron chi connectivity index (χ0n) is 10.4. The number of nitrogens with two attached hydrogens (primary N) is 1. The van der Waals surface area contributed by atoms with E-state index in [9.17, 15) is 0 Å². The van der Waals surface area contributed by atoms with Crippen LogP contribution in [0.3, 0.4) is 0 Å². The molecule has 1 heterocycles. The average molecular weight is 241 g/mol. The van der Waals surface area contributed by atoms with E-state index in [1.165, 1.54) is 0 Å². The highest BCUT2D eigenvalue weighted by atomic mass is 15.3. The number of aryl methyl sites for hydroxylation is 2. The summed E-state index contributed by atoms with van der Waals surface area (Å²) in [6.07, 6.45) is 0. The standard InChI is InChI=1S/C13H15N5/c1-9-12(7-14)13(18(2)17-9)16-8-10-4-3-5-11(15)6-10/h3-6,16H,8,15H2,1-2H3. The second kappa shape index (κ2) is 4.80. The second-order valence-corrected chi connectivity index (χ2v) is 4.14. The van der Waals surface area contributed by atoms with E-state index in [0.717, 1.165) is 22.8 Å². The summed E-state index contributed by atoms with van der Waals surface area (Å²) in [6, 6.07) is 9.81. The lowest BCUT2D eigenvalue weighted by molar-refractivity contribution is 0.758. The van der Waals surface area contributed by atoms with Crippen LogP contribution < -0.4 is 11.1 Å². The summed E-state index contributed by atoms with van der Waals surface area (Å²) >= 11 is 0. The van der Waals surface area contributed by atoms with Gasteiger partial charge in [-0.2, -0.15) is 10.4 Å². The maximum atomic E-state index is 9.09. The molecule has 92 valence electrons. The van der Waals surface area contributed by atoms with Gasteiger partial charge in [0.25, 0.3) is 0 Å². The average Bonchev–Trinajstić information content (AvgIpc) is 2.60. The maximum Gasteiger partial charge on any atom is 0.142 e. The minimum atomic E-state index is 0.585. The fraction of sp³-hybridized carbons (Fsp3) is 0.231. The Kier molecular flexibility index (Phi) is 3.20. The zero-order chi connectivity index (χ0) is 13.1. The number of hydrogen-bond acceptors (Lipinski definition) is 4. The molecule has 3 N–H and O–H groups in total. The van der Waals surface area contributed by atoms with Gasteiger partial charge < -0.3 is 11.1 Å². The van der Waals surface area contributed by atoms with Crippen LogP contribution in [-0.2, 0) is 13.6 Å². The molecule has 2 aromatic rings. The summed E-state index contributed by atoms with van der Waals surface area (Å²) in [7, 11) is 1.82. The van der Waals surface area contributed by atoms with Gasteiger partial charge in [0.2, 0.25) is 0 Å². The van der Waals surface area contributed by atoms with Gasteiger partial charge in [0.1, 0.15) is 17.5 Å². The smallest absolute Gasteiger partial charge is 0.142 e. The van der Waals surface area contributed by atoms with Gasteiger partial charge in [-0.05, 0) is 24.6 Å². The minimum absolute atomic E-state index is 0.585. The Morgan fingerprint density at radius 2 is 2.28 bits per heavy atom. The van der Waals surface area contributed by atoms with Crippen LogP contribution in [0, 0.1) is 18.3 Å². The highest BCUT2D eigenvalue weighted by Gasteiger charge is 2.11. The molecular formula is C13H15N5. The first-order valence-corrected chi connectivity index (χ1v) is 5.64.